The molecule has 0 aliphatic heterocycles. The Kier molecular flexibility index (Phi) is 9.03. The normalized spacial score (nSPS) is 12.8. The van der Waals surface area contributed by atoms with Crippen LogP contribution in [0.4, 0.5) is 10.1 Å². The molecule has 3 aromatic rings. The molecule has 3 rings (SSSR count). The molecule has 0 aliphatic carbocycles. The summed E-state index contributed by atoms with van der Waals surface area (Å²) in [5.41, 5.74) is 12.0. The number of primary amides is 1. The number of carbonyl (C=O) groups excluding carboxylic acids is 3. The van der Waals surface area contributed by atoms with Gasteiger partial charge in [0.2, 0.25) is 11.8 Å². The highest BCUT2D eigenvalue weighted by molar-refractivity contribution is 6.30. The lowest BCUT2D eigenvalue weighted by molar-refractivity contribution is -0.139. The van der Waals surface area contributed by atoms with E-state index in [1.807, 2.05) is 0 Å². The fourth-order valence-corrected chi connectivity index (χ4v) is 4.11. The van der Waals surface area contributed by atoms with Crippen LogP contribution >= 0.6 is 11.6 Å². The van der Waals surface area contributed by atoms with Crippen molar-refractivity contribution in [3.63, 3.8) is 0 Å². The van der Waals surface area contributed by atoms with Gasteiger partial charge in [0.15, 0.2) is 5.69 Å². The zero-order chi connectivity index (χ0) is 27.3. The summed E-state index contributed by atoms with van der Waals surface area (Å²) in [6, 6.07) is 7.33. The monoisotopic (exact) mass is 534 g/mol. The van der Waals surface area contributed by atoms with Crippen LogP contribution in [0.5, 0.6) is 0 Å². The summed E-state index contributed by atoms with van der Waals surface area (Å²) in [6.07, 6.45) is 0.00477. The Morgan fingerprint density at radius 3 is 2.62 bits per heavy atom. The van der Waals surface area contributed by atoms with E-state index in [9.17, 15) is 29.0 Å². The van der Waals surface area contributed by atoms with Crippen molar-refractivity contribution in [3.05, 3.63) is 58.5 Å². The zero-order valence-electron chi connectivity index (χ0n) is 20.0. The second-order valence-electron chi connectivity index (χ2n) is 8.48. The topological polar surface area (TPSA) is 177 Å². The van der Waals surface area contributed by atoms with Gasteiger partial charge in [0.1, 0.15) is 12.4 Å². The number of amides is 3. The molecule has 1 heterocycles. The molecule has 0 bridgehead atoms. The van der Waals surface area contributed by atoms with Crippen LogP contribution in [0.1, 0.15) is 35.4 Å². The predicted octanol–water partition coefficient (Wildman–Crippen LogP) is 0.959. The number of rotatable bonds is 11. The van der Waals surface area contributed by atoms with Crippen molar-refractivity contribution >= 4 is 45.9 Å². The molecule has 11 nitrogen and oxygen atoms in total. The van der Waals surface area contributed by atoms with E-state index < -0.39 is 48.8 Å². The molecule has 0 saturated heterocycles. The Morgan fingerprint density at radius 1 is 1.24 bits per heavy atom. The van der Waals surface area contributed by atoms with Gasteiger partial charge in [-0.3, -0.25) is 19.1 Å². The molecule has 2 aromatic carbocycles. The predicted molar refractivity (Wildman–Crippen MR) is 135 cm³/mol. The Labute approximate surface area is 216 Å². The minimum absolute atomic E-state index is 0.00477. The number of halogens is 2. The molecule has 198 valence electrons. The number of hydrogen-bond donors (Lipinski definition) is 5. The summed E-state index contributed by atoms with van der Waals surface area (Å²) >= 11 is 5.85. The number of benzene rings is 2. The number of carbonyl (C=O) groups is 3. The first-order valence-corrected chi connectivity index (χ1v) is 11.7. The Hall–Kier alpha value is -3.74. The summed E-state index contributed by atoms with van der Waals surface area (Å²) < 4.78 is 15.8. The molecular weight excluding hydrogens is 507 g/mol. The molecule has 0 aliphatic rings. The lowest BCUT2D eigenvalue weighted by Gasteiger charge is -2.29. The molecule has 1 aromatic heterocycles. The molecule has 0 unspecified atom stereocenters. The lowest BCUT2D eigenvalue weighted by atomic mass is 10.0. The molecule has 3 amide bonds. The number of nitrogens with one attached hydrogen (secondary N) is 1. The highest BCUT2D eigenvalue weighted by atomic mass is 35.5. The van der Waals surface area contributed by atoms with E-state index in [2.05, 4.69) is 10.4 Å². The third-order valence-electron chi connectivity index (χ3n) is 5.83. The first kappa shape index (κ1) is 27.8. The van der Waals surface area contributed by atoms with Crippen LogP contribution in [0.15, 0.2) is 36.4 Å². The number of aliphatic hydroxyl groups is 2. The van der Waals surface area contributed by atoms with Gasteiger partial charge >= 0.3 is 0 Å². The van der Waals surface area contributed by atoms with Crippen molar-refractivity contribution in [2.45, 2.75) is 32.0 Å². The van der Waals surface area contributed by atoms with Crippen LogP contribution in [0.2, 0.25) is 5.02 Å². The van der Waals surface area contributed by atoms with Crippen LogP contribution in [0.25, 0.3) is 10.9 Å². The number of nitrogen functional groups attached to an aromatic ring is 1. The van der Waals surface area contributed by atoms with Crippen LogP contribution < -0.4 is 16.8 Å². The maximum absolute atomic E-state index is 14.5. The van der Waals surface area contributed by atoms with Crippen LogP contribution in [-0.2, 0) is 16.1 Å². The first-order chi connectivity index (χ1) is 17.6. The van der Waals surface area contributed by atoms with Gasteiger partial charge in [0, 0.05) is 23.2 Å². The molecule has 0 radical (unpaired) electrons. The van der Waals surface area contributed by atoms with Crippen LogP contribution in [-0.4, -0.2) is 68.4 Å². The average Bonchev–Trinajstić information content (AvgIpc) is 3.21. The molecule has 2 atom stereocenters. The average molecular weight is 535 g/mol. The van der Waals surface area contributed by atoms with E-state index in [4.69, 9.17) is 23.1 Å². The highest BCUT2D eigenvalue weighted by Gasteiger charge is 2.27. The van der Waals surface area contributed by atoms with Gasteiger partial charge in [-0.15, -0.1) is 0 Å². The molecule has 0 fully saturated rings. The third kappa shape index (κ3) is 6.34. The zero-order valence-corrected chi connectivity index (χ0v) is 20.8. The minimum atomic E-state index is -0.906. The van der Waals surface area contributed by atoms with Gasteiger partial charge < -0.3 is 31.9 Å². The van der Waals surface area contributed by atoms with Gasteiger partial charge in [-0.05, 0) is 37.6 Å². The fraction of sp³-hybridized carbons (Fsp3) is 0.333. The van der Waals surface area contributed by atoms with Crippen molar-refractivity contribution < 1.29 is 29.0 Å². The first-order valence-electron chi connectivity index (χ1n) is 11.4. The number of fused-ring (bicyclic) bond motifs is 1. The molecule has 37 heavy (non-hydrogen) atoms. The van der Waals surface area contributed by atoms with Gasteiger partial charge in [-0.1, -0.05) is 23.7 Å². The van der Waals surface area contributed by atoms with E-state index in [1.165, 1.54) is 28.9 Å². The smallest absolute Gasteiger partial charge is 0.269 e. The number of aliphatic hydroxyl groups excluding tert-OH is 2. The van der Waals surface area contributed by atoms with Crippen molar-refractivity contribution in [2.75, 3.05) is 25.5 Å². The summed E-state index contributed by atoms with van der Waals surface area (Å²) in [4.78, 5) is 39.1. The van der Waals surface area contributed by atoms with E-state index in [-0.39, 0.29) is 35.9 Å². The summed E-state index contributed by atoms with van der Waals surface area (Å²) in [7, 11) is 0. The molecular formula is C24H28ClFN6O5. The van der Waals surface area contributed by atoms with E-state index in [1.54, 1.807) is 19.1 Å². The van der Waals surface area contributed by atoms with Crippen molar-refractivity contribution in [1.82, 2.24) is 20.0 Å². The van der Waals surface area contributed by atoms with Crippen LogP contribution in [0, 0.1) is 5.82 Å². The Morgan fingerprint density at radius 2 is 1.97 bits per heavy atom. The van der Waals surface area contributed by atoms with E-state index in [0.717, 1.165) is 4.90 Å². The van der Waals surface area contributed by atoms with Crippen molar-refractivity contribution in [3.8, 4) is 0 Å². The van der Waals surface area contributed by atoms with Gasteiger partial charge in [0.25, 0.3) is 5.91 Å². The maximum Gasteiger partial charge on any atom is 0.269 e. The molecule has 13 heteroatoms. The Balaban J connectivity index is 1.83. The summed E-state index contributed by atoms with van der Waals surface area (Å²) in [5, 5.41) is 26.1. The van der Waals surface area contributed by atoms with Crippen molar-refractivity contribution in [2.24, 2.45) is 5.73 Å². The number of anilines is 1. The van der Waals surface area contributed by atoms with E-state index >= 15 is 0 Å². The number of nitrogens with zero attached hydrogens (tertiary/aromatic N) is 3. The minimum Gasteiger partial charge on any atom is -0.399 e. The number of hydrogen-bond acceptors (Lipinski definition) is 7. The maximum atomic E-state index is 14.5. The molecule has 0 saturated carbocycles. The Bertz CT molecular complexity index is 1320. The fourth-order valence-electron chi connectivity index (χ4n) is 3.93. The SMILES string of the molecule is C[C@@H](CO)N(CC(=O)N[C@@H](CCO)c1cccc(Cl)c1F)C(=O)Cn1nc(C(N)=O)c2cc(N)ccc21. The van der Waals surface area contributed by atoms with Crippen molar-refractivity contribution in [1.29, 1.82) is 0 Å². The molecule has 7 N–H and O–H groups in total. The summed E-state index contributed by atoms with van der Waals surface area (Å²) in [5.74, 6) is -2.76. The van der Waals surface area contributed by atoms with Gasteiger partial charge in [-0.25, -0.2) is 4.39 Å². The summed E-state index contributed by atoms with van der Waals surface area (Å²) in [6.45, 7) is -0.0752. The highest BCUT2D eigenvalue weighted by Crippen LogP contribution is 2.26. The lowest BCUT2D eigenvalue weighted by Crippen LogP contribution is -2.48. The quantitative estimate of drug-likeness (QED) is 0.227. The second-order valence-corrected chi connectivity index (χ2v) is 8.88. The van der Waals surface area contributed by atoms with Gasteiger partial charge in [-0.2, -0.15) is 5.10 Å². The third-order valence-corrected chi connectivity index (χ3v) is 6.13. The van der Waals surface area contributed by atoms with E-state index in [0.29, 0.717) is 16.6 Å². The van der Waals surface area contributed by atoms with Crippen LogP contribution in [0.3, 0.4) is 0 Å². The number of nitrogens with two attached hydrogens (primary N) is 2. The van der Waals surface area contributed by atoms with Gasteiger partial charge in [0.05, 0.1) is 35.8 Å². The number of aromatic nitrogens is 2. The standard InChI is InChI=1S/C24H28ClFN6O5/c1-13(12-34)31(10-20(35)29-18(7-8-33)15-3-2-4-17(25)22(15)26)21(36)11-32-19-6-5-14(27)9-16(19)23(30-32)24(28)37/h2-6,9,13,18,33-34H,7-8,10-12,27H2,1H3,(H2,28,37)(H,29,35)/t13-,18-/m0/s1. The largest absolute Gasteiger partial charge is 0.399 e. The second kappa shape index (κ2) is 12.0. The molecule has 0 spiro atoms.